The lowest BCUT2D eigenvalue weighted by Gasteiger charge is -2.19. The van der Waals surface area contributed by atoms with Crippen molar-refractivity contribution in [3.63, 3.8) is 0 Å². The van der Waals surface area contributed by atoms with Gasteiger partial charge in [0.05, 0.1) is 12.5 Å². The minimum Gasteiger partial charge on any atom is -0.443 e. The molecule has 0 aliphatic heterocycles. The topological polar surface area (TPSA) is 73.2 Å². The number of esters is 1. The van der Waals surface area contributed by atoms with E-state index in [2.05, 4.69) is 10.3 Å². The molecule has 33 heavy (non-hydrogen) atoms. The van der Waals surface area contributed by atoms with Crippen molar-refractivity contribution in [3.05, 3.63) is 114 Å². The fraction of sp³-hybridized carbons (Fsp3) is 0.115. The molecule has 7 heteroatoms. The summed E-state index contributed by atoms with van der Waals surface area (Å²) in [5.41, 5.74) is 3.71. The van der Waals surface area contributed by atoms with Gasteiger partial charge in [-0.1, -0.05) is 42.5 Å². The summed E-state index contributed by atoms with van der Waals surface area (Å²) in [6.45, 7) is 3.82. The van der Waals surface area contributed by atoms with E-state index in [9.17, 15) is 14.0 Å². The molecule has 1 aromatic heterocycles. The molecule has 1 amide bonds. The van der Waals surface area contributed by atoms with Crippen LogP contribution in [0, 0.1) is 19.7 Å². The van der Waals surface area contributed by atoms with Gasteiger partial charge in [-0.25, -0.2) is 14.2 Å². The number of aromatic nitrogens is 2. The SMILES string of the molecule is Cc1ccc(C)c(NC(=O)C(OC(=O)c2cncn2-c2ccc(F)cc2)c2ccccc2)c1. The van der Waals surface area contributed by atoms with Crippen molar-refractivity contribution in [3.8, 4) is 5.69 Å². The Morgan fingerprint density at radius 3 is 2.45 bits per heavy atom. The maximum absolute atomic E-state index is 13.3. The lowest BCUT2D eigenvalue weighted by Crippen LogP contribution is -2.27. The third kappa shape index (κ3) is 4.98. The maximum atomic E-state index is 13.3. The molecule has 0 saturated heterocycles. The Hall–Kier alpha value is -4.26. The van der Waals surface area contributed by atoms with E-state index in [4.69, 9.17) is 4.74 Å². The number of nitrogens with zero attached hydrogens (tertiary/aromatic N) is 2. The first kappa shape index (κ1) is 22.0. The quantitative estimate of drug-likeness (QED) is 0.418. The van der Waals surface area contributed by atoms with Crippen LogP contribution in [-0.4, -0.2) is 21.4 Å². The molecule has 0 fully saturated rings. The lowest BCUT2D eigenvalue weighted by molar-refractivity contribution is -0.125. The normalized spacial score (nSPS) is 11.6. The van der Waals surface area contributed by atoms with Crippen LogP contribution in [0.1, 0.15) is 33.3 Å². The Morgan fingerprint density at radius 2 is 1.73 bits per heavy atom. The van der Waals surface area contributed by atoms with Crippen LogP contribution in [0.2, 0.25) is 0 Å². The zero-order valence-corrected chi connectivity index (χ0v) is 18.2. The standard InChI is InChI=1S/C26H22FN3O3/c1-17-8-9-18(2)22(14-17)29-25(31)24(19-6-4-3-5-7-19)33-26(32)23-15-28-16-30(23)21-12-10-20(27)11-13-21/h3-16,24H,1-2H3,(H,29,31). The summed E-state index contributed by atoms with van der Waals surface area (Å²) in [6, 6.07) is 20.1. The van der Waals surface area contributed by atoms with E-state index < -0.39 is 23.8 Å². The first-order valence-corrected chi connectivity index (χ1v) is 10.3. The van der Waals surface area contributed by atoms with E-state index in [0.29, 0.717) is 16.9 Å². The summed E-state index contributed by atoms with van der Waals surface area (Å²) in [6.07, 6.45) is 1.59. The fourth-order valence-electron chi connectivity index (χ4n) is 3.39. The fourth-order valence-corrected chi connectivity index (χ4v) is 3.39. The number of ether oxygens (including phenoxy) is 1. The van der Waals surface area contributed by atoms with Crippen LogP contribution in [-0.2, 0) is 9.53 Å². The Bertz CT molecular complexity index is 1280. The largest absolute Gasteiger partial charge is 0.443 e. The number of anilines is 1. The number of imidazole rings is 1. The second-order valence-corrected chi connectivity index (χ2v) is 7.63. The number of carbonyl (C=O) groups excluding carboxylic acids is 2. The van der Waals surface area contributed by atoms with Crippen molar-refractivity contribution in [2.75, 3.05) is 5.32 Å². The van der Waals surface area contributed by atoms with Crippen LogP contribution in [0.3, 0.4) is 0 Å². The van der Waals surface area contributed by atoms with E-state index in [0.717, 1.165) is 11.1 Å². The van der Waals surface area contributed by atoms with Crippen LogP contribution in [0.4, 0.5) is 10.1 Å². The average molecular weight is 443 g/mol. The van der Waals surface area contributed by atoms with Crippen molar-refractivity contribution in [1.82, 2.24) is 9.55 Å². The van der Waals surface area contributed by atoms with E-state index in [1.165, 1.54) is 41.4 Å². The summed E-state index contributed by atoms with van der Waals surface area (Å²) in [5, 5.41) is 2.87. The number of benzene rings is 3. The molecule has 3 aromatic carbocycles. The Balaban J connectivity index is 1.62. The van der Waals surface area contributed by atoms with Crippen LogP contribution < -0.4 is 5.32 Å². The van der Waals surface area contributed by atoms with Crippen molar-refractivity contribution in [2.45, 2.75) is 20.0 Å². The van der Waals surface area contributed by atoms with Gasteiger partial charge in [0.15, 0.2) is 5.69 Å². The highest BCUT2D eigenvalue weighted by Gasteiger charge is 2.27. The first-order chi connectivity index (χ1) is 15.9. The minimum absolute atomic E-state index is 0.113. The zero-order valence-electron chi connectivity index (χ0n) is 18.2. The van der Waals surface area contributed by atoms with Gasteiger partial charge >= 0.3 is 5.97 Å². The molecule has 1 heterocycles. The van der Waals surface area contributed by atoms with Crippen LogP contribution in [0.15, 0.2) is 85.3 Å². The summed E-state index contributed by atoms with van der Waals surface area (Å²) in [7, 11) is 0. The number of halogens is 1. The van der Waals surface area contributed by atoms with E-state index in [1.807, 2.05) is 38.1 Å². The number of nitrogens with one attached hydrogen (secondary N) is 1. The highest BCUT2D eigenvalue weighted by atomic mass is 19.1. The highest BCUT2D eigenvalue weighted by Crippen LogP contribution is 2.24. The molecule has 0 radical (unpaired) electrons. The third-order valence-electron chi connectivity index (χ3n) is 5.17. The smallest absolute Gasteiger partial charge is 0.358 e. The molecule has 4 aromatic rings. The van der Waals surface area contributed by atoms with Crippen LogP contribution >= 0.6 is 0 Å². The summed E-state index contributed by atoms with van der Waals surface area (Å²) in [4.78, 5) is 30.3. The van der Waals surface area contributed by atoms with Gasteiger partial charge in [0.1, 0.15) is 5.82 Å². The number of carbonyl (C=O) groups is 2. The third-order valence-corrected chi connectivity index (χ3v) is 5.17. The summed E-state index contributed by atoms with van der Waals surface area (Å²) >= 11 is 0. The maximum Gasteiger partial charge on any atom is 0.358 e. The van der Waals surface area contributed by atoms with Gasteiger partial charge in [-0.3, -0.25) is 9.36 Å². The molecule has 1 unspecified atom stereocenters. The van der Waals surface area contributed by atoms with Crippen LogP contribution in [0.5, 0.6) is 0 Å². The molecule has 0 spiro atoms. The predicted molar refractivity (Wildman–Crippen MR) is 123 cm³/mol. The van der Waals surface area contributed by atoms with Gasteiger partial charge in [0.2, 0.25) is 6.10 Å². The van der Waals surface area contributed by atoms with Crippen molar-refractivity contribution >= 4 is 17.6 Å². The Labute approximate surface area is 190 Å². The van der Waals surface area contributed by atoms with Crippen molar-refractivity contribution in [2.24, 2.45) is 0 Å². The number of hydrogen-bond donors (Lipinski definition) is 1. The molecule has 6 nitrogen and oxygen atoms in total. The Kier molecular flexibility index (Phi) is 6.31. The second-order valence-electron chi connectivity index (χ2n) is 7.63. The van der Waals surface area contributed by atoms with Crippen molar-refractivity contribution < 1.29 is 18.7 Å². The van der Waals surface area contributed by atoms with E-state index in [-0.39, 0.29) is 5.69 Å². The summed E-state index contributed by atoms with van der Waals surface area (Å²) < 4.78 is 20.5. The molecule has 1 N–H and O–H groups in total. The molecule has 0 aliphatic rings. The van der Waals surface area contributed by atoms with Gasteiger partial charge in [-0.15, -0.1) is 0 Å². The summed E-state index contributed by atoms with van der Waals surface area (Å²) in [5.74, 6) is -1.60. The van der Waals surface area contributed by atoms with Gasteiger partial charge in [0.25, 0.3) is 5.91 Å². The lowest BCUT2D eigenvalue weighted by atomic mass is 10.1. The van der Waals surface area contributed by atoms with Gasteiger partial charge in [-0.05, 0) is 55.3 Å². The molecule has 0 aliphatic carbocycles. The van der Waals surface area contributed by atoms with Gasteiger partial charge in [-0.2, -0.15) is 0 Å². The predicted octanol–water partition coefficient (Wildman–Crippen LogP) is 5.17. The molecule has 0 bridgehead atoms. The van der Waals surface area contributed by atoms with Gasteiger partial charge < -0.3 is 10.1 Å². The van der Waals surface area contributed by atoms with Crippen LogP contribution in [0.25, 0.3) is 5.69 Å². The highest BCUT2D eigenvalue weighted by molar-refractivity contribution is 5.98. The van der Waals surface area contributed by atoms with E-state index >= 15 is 0 Å². The second kappa shape index (κ2) is 9.48. The Morgan fingerprint density at radius 1 is 1.00 bits per heavy atom. The molecule has 4 rings (SSSR count). The minimum atomic E-state index is -1.19. The number of hydrogen-bond acceptors (Lipinski definition) is 4. The molecular weight excluding hydrogens is 421 g/mol. The molecule has 166 valence electrons. The molecule has 1 atom stereocenters. The average Bonchev–Trinajstić information content (AvgIpc) is 3.31. The van der Waals surface area contributed by atoms with Gasteiger partial charge in [0, 0.05) is 16.9 Å². The van der Waals surface area contributed by atoms with E-state index in [1.54, 1.807) is 24.3 Å². The molecular formula is C26H22FN3O3. The first-order valence-electron chi connectivity index (χ1n) is 10.3. The molecule has 0 saturated carbocycles. The van der Waals surface area contributed by atoms with Crippen molar-refractivity contribution in [1.29, 1.82) is 0 Å². The number of rotatable bonds is 6. The number of aryl methyl sites for hydroxylation is 2. The zero-order chi connectivity index (χ0) is 23.4. The monoisotopic (exact) mass is 443 g/mol. The number of amides is 1.